The van der Waals surface area contributed by atoms with Gasteiger partial charge in [0.25, 0.3) is 5.91 Å². The van der Waals surface area contributed by atoms with Crippen molar-refractivity contribution in [2.45, 2.75) is 6.54 Å². The summed E-state index contributed by atoms with van der Waals surface area (Å²) in [5, 5.41) is 14.9. The van der Waals surface area contributed by atoms with E-state index in [9.17, 15) is 14.9 Å². The number of hydrogen-bond acceptors (Lipinski definition) is 9. The van der Waals surface area contributed by atoms with Crippen LogP contribution in [-0.2, 0) is 6.54 Å². The molecule has 1 aliphatic heterocycles. The van der Waals surface area contributed by atoms with E-state index in [-0.39, 0.29) is 29.0 Å². The summed E-state index contributed by atoms with van der Waals surface area (Å²) >= 11 is 0. The number of ether oxygens (including phenoxy) is 1. The van der Waals surface area contributed by atoms with Crippen molar-refractivity contribution in [3.63, 3.8) is 0 Å². The van der Waals surface area contributed by atoms with Crippen LogP contribution in [0.5, 0.6) is 5.75 Å². The second kappa shape index (κ2) is 9.33. The molecule has 11 heteroatoms. The van der Waals surface area contributed by atoms with Crippen molar-refractivity contribution < 1.29 is 18.9 Å². The Morgan fingerprint density at radius 1 is 1.19 bits per heavy atom. The number of aromatic nitrogens is 2. The number of benzene rings is 1. The topological polar surface area (TPSA) is 127 Å². The molecule has 0 radical (unpaired) electrons. The van der Waals surface area contributed by atoms with Crippen LogP contribution in [0.3, 0.4) is 0 Å². The van der Waals surface area contributed by atoms with Gasteiger partial charge in [-0.1, -0.05) is 12.1 Å². The van der Waals surface area contributed by atoms with Gasteiger partial charge >= 0.3 is 5.69 Å². The highest BCUT2D eigenvalue weighted by Crippen LogP contribution is 2.32. The minimum atomic E-state index is -0.480. The number of nitrogens with zero attached hydrogens (tertiary/aromatic N) is 5. The Hall–Kier alpha value is -4.15. The van der Waals surface area contributed by atoms with Crippen molar-refractivity contribution in [2.75, 3.05) is 43.5 Å². The molecule has 11 nitrogen and oxygen atoms in total. The van der Waals surface area contributed by atoms with Crippen LogP contribution in [0.25, 0.3) is 0 Å². The van der Waals surface area contributed by atoms with Gasteiger partial charge < -0.3 is 24.3 Å². The number of piperazine rings is 1. The van der Waals surface area contributed by atoms with Crippen molar-refractivity contribution in [1.82, 2.24) is 14.9 Å². The Labute approximate surface area is 183 Å². The molecule has 1 fully saturated rings. The van der Waals surface area contributed by atoms with Crippen molar-refractivity contribution in [1.29, 1.82) is 0 Å². The third-order valence-electron chi connectivity index (χ3n) is 5.20. The fraction of sp³-hybridized carbons (Fsp3) is 0.286. The Morgan fingerprint density at radius 3 is 2.56 bits per heavy atom. The molecule has 4 rings (SSSR count). The number of hydrogen-bond donors (Lipinski definition) is 1. The van der Waals surface area contributed by atoms with E-state index in [2.05, 4.69) is 15.3 Å². The first-order valence-electron chi connectivity index (χ1n) is 10.0. The number of anilines is 2. The maximum Gasteiger partial charge on any atom is 0.353 e. The molecule has 3 heterocycles. The molecular formula is C21H22N6O5. The van der Waals surface area contributed by atoms with Gasteiger partial charge in [0.15, 0.2) is 5.76 Å². The molecule has 32 heavy (non-hydrogen) atoms. The second-order valence-corrected chi connectivity index (χ2v) is 7.11. The average molecular weight is 438 g/mol. The highest BCUT2D eigenvalue weighted by atomic mass is 16.6. The van der Waals surface area contributed by atoms with Gasteiger partial charge in [0.05, 0.1) is 18.3 Å². The van der Waals surface area contributed by atoms with Crippen molar-refractivity contribution in [3.8, 4) is 5.75 Å². The summed E-state index contributed by atoms with van der Waals surface area (Å²) in [4.78, 5) is 35.6. The Bertz CT molecular complexity index is 1080. The van der Waals surface area contributed by atoms with Crippen LogP contribution in [0.4, 0.5) is 17.3 Å². The highest BCUT2D eigenvalue weighted by molar-refractivity contribution is 5.91. The van der Waals surface area contributed by atoms with E-state index >= 15 is 0 Å². The van der Waals surface area contributed by atoms with Crippen LogP contribution in [0.1, 0.15) is 16.1 Å². The summed E-state index contributed by atoms with van der Waals surface area (Å²) in [6.07, 6.45) is 2.76. The lowest BCUT2D eigenvalue weighted by atomic mass is 10.2. The minimum Gasteiger partial charge on any atom is -0.497 e. The van der Waals surface area contributed by atoms with E-state index in [1.54, 1.807) is 29.0 Å². The number of furan rings is 1. The SMILES string of the molecule is COc1ccc(CNc2ncnc(N3CCN(C(=O)c4ccco4)CC3)c2[N+](=O)[O-])cc1. The van der Waals surface area contributed by atoms with Crippen LogP contribution in [0.15, 0.2) is 53.4 Å². The minimum absolute atomic E-state index is 0.143. The highest BCUT2D eigenvalue weighted by Gasteiger charge is 2.31. The molecule has 0 aliphatic carbocycles. The van der Waals surface area contributed by atoms with Crippen molar-refractivity contribution in [2.24, 2.45) is 0 Å². The second-order valence-electron chi connectivity index (χ2n) is 7.11. The Kier molecular flexibility index (Phi) is 6.15. The van der Waals surface area contributed by atoms with E-state index in [1.165, 1.54) is 12.6 Å². The standard InChI is InChI=1S/C21H22N6O5/c1-31-16-6-4-15(5-7-16)13-22-19-18(27(29)30)20(24-14-23-19)25-8-10-26(11-9-25)21(28)17-3-2-12-32-17/h2-7,12,14H,8-11,13H2,1H3,(H,22,23,24). The Morgan fingerprint density at radius 2 is 1.94 bits per heavy atom. The third-order valence-corrected chi connectivity index (χ3v) is 5.20. The summed E-state index contributed by atoms with van der Waals surface area (Å²) in [6, 6.07) is 10.7. The Balaban J connectivity index is 1.47. The molecular weight excluding hydrogens is 416 g/mol. The molecule has 2 aromatic heterocycles. The zero-order chi connectivity index (χ0) is 22.5. The number of methoxy groups -OCH3 is 1. The van der Waals surface area contributed by atoms with Gasteiger partial charge in [-0.25, -0.2) is 9.97 Å². The lowest BCUT2D eigenvalue weighted by Gasteiger charge is -2.34. The third kappa shape index (κ3) is 4.46. The average Bonchev–Trinajstić information content (AvgIpc) is 3.37. The first-order chi connectivity index (χ1) is 15.6. The predicted molar refractivity (Wildman–Crippen MR) is 116 cm³/mol. The maximum absolute atomic E-state index is 12.5. The molecule has 0 spiro atoms. The smallest absolute Gasteiger partial charge is 0.353 e. The molecule has 1 amide bonds. The van der Waals surface area contributed by atoms with Gasteiger partial charge in [-0.05, 0) is 29.8 Å². The largest absolute Gasteiger partial charge is 0.497 e. The molecule has 0 saturated carbocycles. The van der Waals surface area contributed by atoms with Gasteiger partial charge in [-0.3, -0.25) is 14.9 Å². The molecule has 166 valence electrons. The number of carbonyl (C=O) groups is 1. The fourth-order valence-corrected chi connectivity index (χ4v) is 3.50. The summed E-state index contributed by atoms with van der Waals surface area (Å²) < 4.78 is 10.3. The van der Waals surface area contributed by atoms with Crippen LogP contribution in [0.2, 0.25) is 0 Å². The molecule has 0 atom stereocenters. The maximum atomic E-state index is 12.5. The van der Waals surface area contributed by atoms with Gasteiger partial charge in [0.2, 0.25) is 11.6 Å². The van der Waals surface area contributed by atoms with Gasteiger partial charge in [0.1, 0.15) is 12.1 Å². The van der Waals surface area contributed by atoms with Crippen LogP contribution in [-0.4, -0.2) is 59.0 Å². The zero-order valence-corrected chi connectivity index (χ0v) is 17.4. The first kappa shape index (κ1) is 21.1. The van der Waals surface area contributed by atoms with Crippen LogP contribution < -0.4 is 15.0 Å². The van der Waals surface area contributed by atoms with E-state index in [4.69, 9.17) is 9.15 Å². The van der Waals surface area contributed by atoms with Crippen molar-refractivity contribution >= 4 is 23.2 Å². The van der Waals surface area contributed by atoms with Gasteiger partial charge in [-0.15, -0.1) is 0 Å². The molecule has 1 aromatic carbocycles. The molecule has 0 unspecified atom stereocenters. The summed E-state index contributed by atoms with van der Waals surface area (Å²) in [6.45, 7) is 1.96. The monoisotopic (exact) mass is 438 g/mol. The number of amides is 1. The lowest BCUT2D eigenvalue weighted by molar-refractivity contribution is -0.383. The number of carbonyl (C=O) groups excluding carboxylic acids is 1. The van der Waals surface area contributed by atoms with Crippen molar-refractivity contribution in [3.05, 3.63) is 70.4 Å². The van der Waals surface area contributed by atoms with Gasteiger partial charge in [-0.2, -0.15) is 0 Å². The molecule has 1 aliphatic rings. The van der Waals surface area contributed by atoms with E-state index in [0.717, 1.165) is 11.3 Å². The molecule has 3 aromatic rings. The molecule has 0 bridgehead atoms. The molecule has 1 saturated heterocycles. The zero-order valence-electron chi connectivity index (χ0n) is 17.4. The normalized spacial score (nSPS) is 13.7. The summed E-state index contributed by atoms with van der Waals surface area (Å²) in [5.74, 6) is 1.18. The number of nitro groups is 1. The van der Waals surface area contributed by atoms with E-state index in [1.807, 2.05) is 24.3 Å². The fourth-order valence-electron chi connectivity index (χ4n) is 3.50. The van der Waals surface area contributed by atoms with Crippen LogP contribution in [0, 0.1) is 10.1 Å². The van der Waals surface area contributed by atoms with Crippen LogP contribution >= 0.6 is 0 Å². The van der Waals surface area contributed by atoms with E-state index < -0.39 is 4.92 Å². The molecule has 1 N–H and O–H groups in total. The lowest BCUT2D eigenvalue weighted by Crippen LogP contribution is -2.49. The quantitative estimate of drug-likeness (QED) is 0.437. The van der Waals surface area contributed by atoms with E-state index in [0.29, 0.717) is 32.7 Å². The predicted octanol–water partition coefficient (Wildman–Crippen LogP) is 2.56. The summed E-state index contributed by atoms with van der Waals surface area (Å²) in [7, 11) is 1.59. The first-order valence-corrected chi connectivity index (χ1v) is 10.0. The number of nitrogens with one attached hydrogen (secondary N) is 1. The summed E-state index contributed by atoms with van der Waals surface area (Å²) in [5.41, 5.74) is 0.733. The van der Waals surface area contributed by atoms with Gasteiger partial charge in [0, 0.05) is 32.7 Å². The number of rotatable bonds is 7.